The first-order chi connectivity index (χ1) is 32.7. The van der Waals surface area contributed by atoms with Gasteiger partial charge in [0.15, 0.2) is 0 Å². The monoisotopic (exact) mass is 934 g/mol. The van der Waals surface area contributed by atoms with Crippen molar-refractivity contribution < 1.29 is 42.9 Å². The summed E-state index contributed by atoms with van der Waals surface area (Å²) < 4.78 is 19.5. The van der Waals surface area contributed by atoms with Crippen LogP contribution in [0.2, 0.25) is 0 Å². The highest BCUT2D eigenvalue weighted by Crippen LogP contribution is 2.51. The standard InChI is InChI=1S/C50H62N6O7.C2H5NO2/c1-28(62-5)21-45(57)55-41-13-9-7-12-32(41)25-44(55)47(58)51-33-17-19-35-34-18-15-29(22-36(34)50(2,3)37(35)26-33)30-16-20-38-39(23-30)53-46(52-38)43-24-31-11-8-10-14-42(31)56(43)48(59)40(27-61-4)54-49(60)63-6;1-5-2(3)4/h15-20,22-23,26,28,31-32,40-44H,7-14,21,24-25,27H2,1-6H3,(H,51,58)(H,52,53)(H,54,60);1H3,(H2,3,4)/t28?,31-,32?,40?,41?,42-,43?,44-;/m0./s1. The van der Waals surface area contributed by atoms with Crippen LogP contribution in [0.4, 0.5) is 15.3 Å². The molecule has 4 aromatic rings. The van der Waals surface area contributed by atoms with Gasteiger partial charge in [0.25, 0.3) is 0 Å². The molecule has 0 spiro atoms. The summed E-state index contributed by atoms with van der Waals surface area (Å²) in [4.78, 5) is 76.1. The van der Waals surface area contributed by atoms with Crippen molar-refractivity contribution >= 4 is 46.6 Å². The molecule has 1 aromatic heterocycles. The van der Waals surface area contributed by atoms with E-state index in [1.165, 1.54) is 32.5 Å². The Hall–Kier alpha value is -6.00. The Morgan fingerprint density at radius 3 is 2.09 bits per heavy atom. The van der Waals surface area contributed by atoms with Gasteiger partial charge in [0.1, 0.15) is 17.9 Å². The molecule has 2 saturated carbocycles. The minimum absolute atomic E-state index is 0.0000215. The zero-order valence-electron chi connectivity index (χ0n) is 40.4. The number of likely N-dealkylation sites (tertiary alicyclic amines) is 2. The van der Waals surface area contributed by atoms with Gasteiger partial charge in [-0.2, -0.15) is 0 Å². The average Bonchev–Trinajstić information content (AvgIpc) is 4.11. The molecule has 68 heavy (non-hydrogen) atoms. The van der Waals surface area contributed by atoms with Crippen molar-refractivity contribution in [3.8, 4) is 22.3 Å². The molecule has 2 aliphatic heterocycles. The van der Waals surface area contributed by atoms with Gasteiger partial charge in [0.2, 0.25) is 17.7 Å². The fourth-order valence-electron chi connectivity index (χ4n) is 11.8. The van der Waals surface area contributed by atoms with Crippen LogP contribution < -0.4 is 16.4 Å². The topological polar surface area (TPSA) is 208 Å². The molecule has 2 saturated heterocycles. The summed E-state index contributed by atoms with van der Waals surface area (Å²) in [6.07, 6.45) is 8.55. The molecule has 8 atom stereocenters. The SMILES string of the molecule is COC(N)=O.COCC(NC(=O)OC)C(=O)N1C(c2nc3ccc(-c4ccc5c(c4)C(C)(C)c4cc(NC(=O)[C@@H]6CC7CCCCC7N6C(=O)CC(C)OC)ccc4-5)cc3[nH]2)C[C@@H]2CCCC[C@@H]21. The number of amides is 5. The maximum atomic E-state index is 14.2. The van der Waals surface area contributed by atoms with Gasteiger partial charge in [-0.3, -0.25) is 14.4 Å². The summed E-state index contributed by atoms with van der Waals surface area (Å²) in [5, 5.41) is 5.93. The molecule has 5 unspecified atom stereocenters. The normalized spacial score (nSPS) is 24.0. The number of hydrogen-bond donors (Lipinski definition) is 4. The maximum absolute atomic E-state index is 14.2. The van der Waals surface area contributed by atoms with Gasteiger partial charge in [-0.1, -0.05) is 63.8 Å². The van der Waals surface area contributed by atoms with Crippen molar-refractivity contribution in [3.63, 3.8) is 0 Å². The number of nitrogens with two attached hydrogens (primary N) is 1. The Morgan fingerprint density at radius 1 is 0.809 bits per heavy atom. The van der Waals surface area contributed by atoms with Gasteiger partial charge in [-0.15, -0.1) is 0 Å². The highest BCUT2D eigenvalue weighted by Gasteiger charge is 2.49. The molecular formula is C52H67N7O9. The first kappa shape index (κ1) is 48.5. The van der Waals surface area contributed by atoms with Crippen LogP contribution >= 0.6 is 0 Å². The first-order valence-electron chi connectivity index (χ1n) is 24.1. The molecule has 3 aliphatic carbocycles. The zero-order valence-corrected chi connectivity index (χ0v) is 40.4. The van der Waals surface area contributed by atoms with Crippen molar-refractivity contribution in [2.24, 2.45) is 17.6 Å². The van der Waals surface area contributed by atoms with E-state index < -0.39 is 24.3 Å². The summed E-state index contributed by atoms with van der Waals surface area (Å²) in [6, 6.07) is 17.7. The molecule has 5 aliphatic rings. The lowest BCUT2D eigenvalue weighted by atomic mass is 9.81. The molecule has 16 heteroatoms. The van der Waals surface area contributed by atoms with Crippen molar-refractivity contribution in [3.05, 3.63) is 71.5 Å². The van der Waals surface area contributed by atoms with Crippen LogP contribution in [0, 0.1) is 11.8 Å². The second-order valence-corrected chi connectivity index (χ2v) is 19.7. The number of H-pyrrole nitrogens is 1. The Bertz CT molecular complexity index is 2540. The molecule has 5 N–H and O–H groups in total. The van der Waals surface area contributed by atoms with E-state index in [2.05, 4.69) is 82.4 Å². The summed E-state index contributed by atoms with van der Waals surface area (Å²) in [5.41, 5.74) is 13.4. The van der Waals surface area contributed by atoms with E-state index in [0.29, 0.717) is 18.3 Å². The number of aromatic amines is 1. The molecule has 3 aromatic carbocycles. The average molecular weight is 934 g/mol. The van der Waals surface area contributed by atoms with Crippen LogP contribution in [0.3, 0.4) is 0 Å². The number of ether oxygens (including phenoxy) is 4. The summed E-state index contributed by atoms with van der Waals surface area (Å²) in [7, 11) is 5.65. The Labute approximate surface area is 398 Å². The molecule has 0 radical (unpaired) electrons. The smallest absolute Gasteiger partial charge is 0.407 e. The van der Waals surface area contributed by atoms with Crippen LogP contribution in [0.25, 0.3) is 33.3 Å². The van der Waals surface area contributed by atoms with Crippen molar-refractivity contribution in [2.45, 2.75) is 133 Å². The molecule has 9 rings (SSSR count). The van der Waals surface area contributed by atoms with E-state index in [1.54, 1.807) is 7.11 Å². The minimum atomic E-state index is -0.873. The first-order valence-corrected chi connectivity index (χ1v) is 24.1. The molecular weight excluding hydrogens is 867 g/mol. The van der Waals surface area contributed by atoms with E-state index >= 15 is 0 Å². The second kappa shape index (κ2) is 20.3. The number of nitrogens with zero attached hydrogens (tertiary/aromatic N) is 3. The van der Waals surface area contributed by atoms with Crippen LogP contribution in [-0.2, 0) is 38.7 Å². The van der Waals surface area contributed by atoms with E-state index in [9.17, 15) is 24.0 Å². The molecule has 5 amide bonds. The van der Waals surface area contributed by atoms with E-state index in [0.717, 1.165) is 103 Å². The van der Waals surface area contributed by atoms with Crippen molar-refractivity contribution in [1.82, 2.24) is 25.1 Å². The summed E-state index contributed by atoms with van der Waals surface area (Å²) in [6.45, 7) is 6.41. The number of fused-ring (bicyclic) bond motifs is 6. The number of primary amides is 1. The largest absolute Gasteiger partial charge is 0.453 e. The number of anilines is 1. The molecule has 3 heterocycles. The van der Waals surface area contributed by atoms with Crippen LogP contribution in [0.1, 0.15) is 114 Å². The third-order valence-electron chi connectivity index (χ3n) is 15.3. The number of alkyl carbamates (subject to hydrolysis) is 1. The van der Waals surface area contributed by atoms with Gasteiger partial charge in [0.05, 0.1) is 50.4 Å². The summed E-state index contributed by atoms with van der Waals surface area (Å²) in [5.74, 6) is 1.16. The number of benzene rings is 3. The number of nitrogens with one attached hydrogen (secondary N) is 3. The molecule has 364 valence electrons. The van der Waals surface area contributed by atoms with E-state index in [4.69, 9.17) is 19.2 Å². The quantitative estimate of drug-likeness (QED) is 0.114. The fourth-order valence-corrected chi connectivity index (χ4v) is 11.8. The second-order valence-electron chi connectivity index (χ2n) is 19.7. The van der Waals surface area contributed by atoms with E-state index in [1.807, 2.05) is 28.9 Å². The third kappa shape index (κ3) is 9.54. The Balaban J connectivity index is 0.00000119. The Morgan fingerprint density at radius 2 is 1.43 bits per heavy atom. The highest BCUT2D eigenvalue weighted by atomic mass is 16.5. The number of aromatic nitrogens is 2. The van der Waals surface area contributed by atoms with E-state index in [-0.39, 0.29) is 60.4 Å². The predicted molar refractivity (Wildman–Crippen MR) is 258 cm³/mol. The lowest BCUT2D eigenvalue weighted by Gasteiger charge is -2.35. The number of carbonyl (C=O) groups is 5. The third-order valence-corrected chi connectivity index (χ3v) is 15.3. The minimum Gasteiger partial charge on any atom is -0.453 e. The van der Waals surface area contributed by atoms with Gasteiger partial charge >= 0.3 is 12.2 Å². The van der Waals surface area contributed by atoms with Crippen LogP contribution in [-0.4, -0.2) is 115 Å². The zero-order chi connectivity index (χ0) is 48.4. The van der Waals surface area contributed by atoms with Gasteiger partial charge in [-0.25, -0.2) is 14.6 Å². The number of carbonyl (C=O) groups excluding carboxylic acids is 5. The van der Waals surface area contributed by atoms with Crippen molar-refractivity contribution in [2.75, 3.05) is 40.4 Å². The number of imidazole rings is 1. The highest BCUT2D eigenvalue weighted by molar-refractivity contribution is 5.99. The van der Waals surface area contributed by atoms with Gasteiger partial charge in [-0.05, 0) is 121 Å². The van der Waals surface area contributed by atoms with Gasteiger partial charge < -0.3 is 50.1 Å². The van der Waals surface area contributed by atoms with Crippen LogP contribution in [0.5, 0.6) is 0 Å². The maximum Gasteiger partial charge on any atom is 0.407 e. The Kier molecular flexibility index (Phi) is 14.5. The predicted octanol–water partition coefficient (Wildman–Crippen LogP) is 7.97. The number of methoxy groups -OCH3 is 4. The number of rotatable bonds is 11. The van der Waals surface area contributed by atoms with Gasteiger partial charge in [0, 0.05) is 37.4 Å². The number of hydrogen-bond acceptors (Lipinski definition) is 10. The molecule has 0 bridgehead atoms. The lowest BCUT2D eigenvalue weighted by molar-refractivity contribution is -0.141. The van der Waals surface area contributed by atoms with Crippen LogP contribution in [0.15, 0.2) is 54.6 Å². The van der Waals surface area contributed by atoms with Crippen molar-refractivity contribution in [1.29, 1.82) is 0 Å². The molecule has 4 fully saturated rings. The molecule has 16 nitrogen and oxygen atoms in total. The fraction of sp³-hybridized carbons (Fsp3) is 0.538. The summed E-state index contributed by atoms with van der Waals surface area (Å²) >= 11 is 0. The lowest BCUT2D eigenvalue weighted by Crippen LogP contribution is -2.53.